The molecule has 8 nitrogen and oxygen atoms in total. The Bertz CT molecular complexity index is 548. The third kappa shape index (κ3) is 4.31. The van der Waals surface area contributed by atoms with Crippen molar-refractivity contribution in [1.29, 1.82) is 0 Å². The molecule has 0 bridgehead atoms. The van der Waals surface area contributed by atoms with E-state index in [4.69, 9.17) is 0 Å². The number of likely N-dealkylation sites (tertiary alicyclic amines) is 1. The van der Waals surface area contributed by atoms with Crippen LogP contribution >= 0.6 is 0 Å². The van der Waals surface area contributed by atoms with Crippen LogP contribution in [0.2, 0.25) is 0 Å². The van der Waals surface area contributed by atoms with Gasteiger partial charge in [-0.05, 0) is 12.3 Å². The minimum atomic E-state index is -0.305. The molecule has 2 heterocycles. The second-order valence-electron chi connectivity index (χ2n) is 5.67. The van der Waals surface area contributed by atoms with E-state index in [1.54, 1.807) is 18.0 Å². The molecule has 0 aromatic carbocycles. The Kier molecular flexibility index (Phi) is 5.13. The van der Waals surface area contributed by atoms with Crippen molar-refractivity contribution in [1.82, 2.24) is 20.2 Å². The second kappa shape index (κ2) is 7.06. The standard InChI is InChI=1S/C14H22N6O2/c1-19(2)12-7-11(16-9-17-12)18-14(22)15-5-4-10-6-13(21)20(3)8-10/h7,9-10H,4-6,8H2,1-3H3,(H2,15,16,17,18,22). The fraction of sp³-hybridized carbons (Fsp3) is 0.571. The summed E-state index contributed by atoms with van der Waals surface area (Å²) in [6, 6.07) is 1.39. The Morgan fingerprint density at radius 2 is 2.23 bits per heavy atom. The number of nitrogens with one attached hydrogen (secondary N) is 2. The molecule has 0 spiro atoms. The van der Waals surface area contributed by atoms with Crippen molar-refractivity contribution in [2.24, 2.45) is 5.92 Å². The lowest BCUT2D eigenvalue weighted by Gasteiger charge is -2.13. The number of carbonyl (C=O) groups is 2. The second-order valence-corrected chi connectivity index (χ2v) is 5.67. The zero-order valence-electron chi connectivity index (χ0n) is 13.2. The van der Waals surface area contributed by atoms with Gasteiger partial charge in [0, 0.05) is 46.7 Å². The van der Waals surface area contributed by atoms with E-state index < -0.39 is 0 Å². The quantitative estimate of drug-likeness (QED) is 0.828. The minimum absolute atomic E-state index is 0.173. The molecule has 120 valence electrons. The van der Waals surface area contributed by atoms with Crippen LogP contribution in [0.1, 0.15) is 12.8 Å². The molecule has 0 radical (unpaired) electrons. The first-order chi connectivity index (χ1) is 10.5. The lowest BCUT2D eigenvalue weighted by molar-refractivity contribution is -0.126. The molecule has 1 unspecified atom stereocenters. The van der Waals surface area contributed by atoms with Crippen molar-refractivity contribution in [2.75, 3.05) is 44.4 Å². The Labute approximate surface area is 129 Å². The van der Waals surface area contributed by atoms with E-state index in [1.165, 1.54) is 6.33 Å². The average Bonchev–Trinajstić information content (AvgIpc) is 2.78. The first-order valence-corrected chi connectivity index (χ1v) is 7.24. The molecule has 1 aliphatic heterocycles. The summed E-state index contributed by atoms with van der Waals surface area (Å²) in [6.45, 7) is 1.30. The molecule has 1 saturated heterocycles. The number of anilines is 2. The topological polar surface area (TPSA) is 90.5 Å². The van der Waals surface area contributed by atoms with Gasteiger partial charge in [-0.1, -0.05) is 0 Å². The molecule has 1 fully saturated rings. The van der Waals surface area contributed by atoms with Crippen molar-refractivity contribution in [3.63, 3.8) is 0 Å². The molecule has 8 heteroatoms. The number of hydrogen-bond acceptors (Lipinski definition) is 5. The normalized spacial score (nSPS) is 17.5. The largest absolute Gasteiger partial charge is 0.363 e. The molecule has 1 atom stereocenters. The van der Waals surface area contributed by atoms with Crippen molar-refractivity contribution in [2.45, 2.75) is 12.8 Å². The maximum atomic E-state index is 11.8. The summed E-state index contributed by atoms with van der Waals surface area (Å²) in [5, 5.41) is 5.46. The molecule has 1 aromatic heterocycles. The minimum Gasteiger partial charge on any atom is -0.363 e. The SMILES string of the molecule is CN1CC(CCNC(=O)Nc2cc(N(C)C)ncn2)CC1=O. The molecule has 2 N–H and O–H groups in total. The third-order valence-electron chi connectivity index (χ3n) is 3.61. The zero-order chi connectivity index (χ0) is 16.1. The molecule has 0 saturated carbocycles. The van der Waals surface area contributed by atoms with Crippen LogP contribution in [0, 0.1) is 5.92 Å². The fourth-order valence-electron chi connectivity index (χ4n) is 2.36. The predicted molar refractivity (Wildman–Crippen MR) is 83.7 cm³/mol. The van der Waals surface area contributed by atoms with Gasteiger partial charge in [-0.3, -0.25) is 10.1 Å². The van der Waals surface area contributed by atoms with Crippen molar-refractivity contribution in [3.8, 4) is 0 Å². The van der Waals surface area contributed by atoms with Gasteiger partial charge in [0.25, 0.3) is 0 Å². The van der Waals surface area contributed by atoms with Crippen LogP contribution in [0.3, 0.4) is 0 Å². The zero-order valence-corrected chi connectivity index (χ0v) is 13.2. The average molecular weight is 306 g/mol. The smallest absolute Gasteiger partial charge is 0.320 e. The monoisotopic (exact) mass is 306 g/mol. The molecule has 1 aromatic rings. The van der Waals surface area contributed by atoms with Gasteiger partial charge >= 0.3 is 6.03 Å². The number of hydrogen-bond donors (Lipinski definition) is 2. The Balaban J connectivity index is 1.74. The first-order valence-electron chi connectivity index (χ1n) is 7.24. The highest BCUT2D eigenvalue weighted by Gasteiger charge is 2.26. The molecule has 1 aliphatic rings. The van der Waals surface area contributed by atoms with Crippen molar-refractivity contribution < 1.29 is 9.59 Å². The number of nitrogens with zero attached hydrogens (tertiary/aromatic N) is 4. The highest BCUT2D eigenvalue weighted by Crippen LogP contribution is 2.18. The van der Waals surface area contributed by atoms with Gasteiger partial charge in [-0.15, -0.1) is 0 Å². The molecule has 2 rings (SSSR count). The first kappa shape index (κ1) is 16.0. The fourth-order valence-corrected chi connectivity index (χ4v) is 2.36. The van der Waals surface area contributed by atoms with Gasteiger partial charge in [0.1, 0.15) is 18.0 Å². The summed E-state index contributed by atoms with van der Waals surface area (Å²) in [5.41, 5.74) is 0. The maximum Gasteiger partial charge on any atom is 0.320 e. The number of carbonyl (C=O) groups excluding carboxylic acids is 2. The van der Waals surface area contributed by atoms with Crippen LogP contribution in [0.25, 0.3) is 0 Å². The molecular formula is C14H22N6O2. The molecule has 0 aliphatic carbocycles. The Morgan fingerprint density at radius 1 is 1.45 bits per heavy atom. The Hall–Kier alpha value is -2.38. The van der Waals surface area contributed by atoms with Crippen LogP contribution in [0.4, 0.5) is 16.4 Å². The van der Waals surface area contributed by atoms with Crippen LogP contribution < -0.4 is 15.5 Å². The van der Waals surface area contributed by atoms with E-state index in [0.29, 0.717) is 24.7 Å². The van der Waals surface area contributed by atoms with Gasteiger partial charge in [0.05, 0.1) is 0 Å². The van der Waals surface area contributed by atoms with E-state index >= 15 is 0 Å². The van der Waals surface area contributed by atoms with Crippen LogP contribution in [0.15, 0.2) is 12.4 Å². The van der Waals surface area contributed by atoms with Gasteiger partial charge < -0.3 is 15.1 Å². The highest BCUT2D eigenvalue weighted by molar-refractivity contribution is 5.88. The van der Waals surface area contributed by atoms with Gasteiger partial charge in [0.15, 0.2) is 0 Å². The number of rotatable bonds is 5. The summed E-state index contributed by atoms with van der Waals surface area (Å²) in [4.78, 5) is 34.9. The Morgan fingerprint density at radius 3 is 2.86 bits per heavy atom. The summed E-state index contributed by atoms with van der Waals surface area (Å²) >= 11 is 0. The molecular weight excluding hydrogens is 284 g/mol. The summed E-state index contributed by atoms with van der Waals surface area (Å²) in [6.07, 6.45) is 2.76. The van der Waals surface area contributed by atoms with Gasteiger partial charge in [-0.2, -0.15) is 0 Å². The molecule has 3 amide bonds. The molecule has 22 heavy (non-hydrogen) atoms. The number of urea groups is 1. The third-order valence-corrected chi connectivity index (χ3v) is 3.61. The van der Waals surface area contributed by atoms with Crippen LogP contribution in [0.5, 0.6) is 0 Å². The summed E-state index contributed by atoms with van der Waals surface area (Å²) < 4.78 is 0. The number of aromatic nitrogens is 2. The van der Waals surface area contributed by atoms with Crippen LogP contribution in [-0.4, -0.2) is 61.0 Å². The van der Waals surface area contributed by atoms with Gasteiger partial charge in [-0.25, -0.2) is 14.8 Å². The van der Waals surface area contributed by atoms with Gasteiger partial charge in [0.2, 0.25) is 5.91 Å². The van der Waals surface area contributed by atoms with Crippen LogP contribution in [-0.2, 0) is 4.79 Å². The summed E-state index contributed by atoms with van der Waals surface area (Å²) in [5.74, 6) is 1.66. The van der Waals surface area contributed by atoms with E-state index in [9.17, 15) is 9.59 Å². The summed E-state index contributed by atoms with van der Waals surface area (Å²) in [7, 11) is 5.54. The highest BCUT2D eigenvalue weighted by atomic mass is 16.2. The maximum absolute atomic E-state index is 11.8. The van der Waals surface area contributed by atoms with Crippen molar-refractivity contribution >= 4 is 23.6 Å². The van der Waals surface area contributed by atoms with E-state index in [-0.39, 0.29) is 11.9 Å². The number of amides is 3. The predicted octanol–water partition coefficient (Wildman–Crippen LogP) is 0.532. The lowest BCUT2D eigenvalue weighted by Crippen LogP contribution is -2.31. The van der Waals surface area contributed by atoms with E-state index in [2.05, 4.69) is 20.6 Å². The van der Waals surface area contributed by atoms with E-state index in [0.717, 1.165) is 18.8 Å². The lowest BCUT2D eigenvalue weighted by atomic mass is 10.1. The van der Waals surface area contributed by atoms with E-state index in [1.807, 2.05) is 19.0 Å². The van der Waals surface area contributed by atoms with Crippen molar-refractivity contribution in [3.05, 3.63) is 12.4 Å².